The molecule has 0 atom stereocenters. The number of nitrogens with zero attached hydrogens (tertiary/aromatic N) is 2. The van der Waals surface area contributed by atoms with Crippen LogP contribution in [-0.4, -0.2) is 44.5 Å². The number of halogens is 1. The van der Waals surface area contributed by atoms with E-state index in [1.165, 1.54) is 25.0 Å². The molecule has 2 rings (SSSR count). The van der Waals surface area contributed by atoms with E-state index in [-0.39, 0.29) is 11.7 Å². The van der Waals surface area contributed by atoms with Crippen molar-refractivity contribution >= 4 is 11.5 Å². The largest absolute Gasteiger partial charge is 0.384 e. The fraction of sp³-hybridized carbons (Fsp3) is 0.533. The summed E-state index contributed by atoms with van der Waals surface area (Å²) in [4.78, 5) is 4.43. The van der Waals surface area contributed by atoms with Crippen molar-refractivity contribution in [3.63, 3.8) is 0 Å². The molecule has 3 N–H and O–H groups in total. The number of rotatable bonds is 4. The van der Waals surface area contributed by atoms with Gasteiger partial charge in [0.2, 0.25) is 0 Å². The van der Waals surface area contributed by atoms with Gasteiger partial charge < -0.3 is 15.5 Å². The first-order valence-electron chi connectivity index (χ1n) is 7.01. The molecule has 0 aliphatic carbocycles. The Balaban J connectivity index is 2.09. The maximum absolute atomic E-state index is 13.3. The molecule has 110 valence electrons. The minimum Gasteiger partial charge on any atom is -0.384 e. The summed E-state index contributed by atoms with van der Waals surface area (Å²) < 4.78 is 13.3. The highest BCUT2D eigenvalue weighted by Gasteiger charge is 2.20. The zero-order valence-corrected chi connectivity index (χ0v) is 12.2. The number of piperidine rings is 1. The lowest BCUT2D eigenvalue weighted by atomic mass is 9.96. The normalized spacial score (nSPS) is 17.1. The lowest BCUT2D eigenvalue weighted by Gasteiger charge is -2.33. The number of nitrogen functional groups attached to an aromatic ring is 1. The van der Waals surface area contributed by atoms with E-state index in [1.807, 2.05) is 7.05 Å². The van der Waals surface area contributed by atoms with Crippen LogP contribution in [0.15, 0.2) is 18.2 Å². The van der Waals surface area contributed by atoms with E-state index in [4.69, 9.17) is 11.1 Å². The van der Waals surface area contributed by atoms with Gasteiger partial charge in [-0.25, -0.2) is 4.39 Å². The highest BCUT2D eigenvalue weighted by atomic mass is 19.1. The molecule has 1 aromatic rings. The van der Waals surface area contributed by atoms with E-state index < -0.39 is 0 Å². The molecular weight excluding hydrogens is 255 g/mol. The van der Waals surface area contributed by atoms with Gasteiger partial charge in [0.25, 0.3) is 0 Å². The maximum Gasteiger partial charge on any atom is 0.125 e. The van der Waals surface area contributed by atoms with E-state index >= 15 is 0 Å². The van der Waals surface area contributed by atoms with Crippen molar-refractivity contribution in [3.05, 3.63) is 29.6 Å². The minimum absolute atomic E-state index is 0.0882. The van der Waals surface area contributed by atoms with Crippen LogP contribution in [0.3, 0.4) is 0 Å². The predicted octanol–water partition coefficient (Wildman–Crippen LogP) is 1.89. The molecule has 0 saturated carbocycles. The molecule has 1 heterocycles. The molecule has 1 fully saturated rings. The quantitative estimate of drug-likeness (QED) is 0.653. The summed E-state index contributed by atoms with van der Waals surface area (Å²) >= 11 is 0. The van der Waals surface area contributed by atoms with Gasteiger partial charge in [-0.3, -0.25) is 5.41 Å². The van der Waals surface area contributed by atoms with Gasteiger partial charge in [-0.15, -0.1) is 0 Å². The number of anilines is 1. The molecule has 4 nitrogen and oxygen atoms in total. The van der Waals surface area contributed by atoms with Crippen LogP contribution in [0.25, 0.3) is 0 Å². The molecule has 0 unspecified atom stereocenters. The Labute approximate surface area is 119 Å². The predicted molar refractivity (Wildman–Crippen MR) is 80.9 cm³/mol. The SMILES string of the molecule is CN1CCC(CN(C)c2ccc(F)cc2C(=N)N)CC1. The Hall–Kier alpha value is -1.62. The monoisotopic (exact) mass is 278 g/mol. The fourth-order valence-electron chi connectivity index (χ4n) is 2.79. The van der Waals surface area contributed by atoms with Crippen LogP contribution in [0, 0.1) is 17.1 Å². The van der Waals surface area contributed by atoms with Crippen LogP contribution in [0.2, 0.25) is 0 Å². The highest BCUT2D eigenvalue weighted by Crippen LogP contribution is 2.24. The van der Waals surface area contributed by atoms with Gasteiger partial charge >= 0.3 is 0 Å². The minimum atomic E-state index is -0.355. The van der Waals surface area contributed by atoms with E-state index in [2.05, 4.69) is 16.8 Å². The second-order valence-electron chi connectivity index (χ2n) is 5.70. The van der Waals surface area contributed by atoms with Crippen molar-refractivity contribution in [2.45, 2.75) is 12.8 Å². The van der Waals surface area contributed by atoms with E-state index in [1.54, 1.807) is 6.07 Å². The van der Waals surface area contributed by atoms with Crippen molar-refractivity contribution in [3.8, 4) is 0 Å². The molecule has 0 bridgehead atoms. The lowest BCUT2D eigenvalue weighted by Crippen LogP contribution is -2.36. The summed E-state index contributed by atoms with van der Waals surface area (Å²) in [6, 6.07) is 4.47. The molecule has 1 aromatic carbocycles. The molecule has 0 spiro atoms. The average Bonchev–Trinajstić information content (AvgIpc) is 2.41. The highest BCUT2D eigenvalue weighted by molar-refractivity contribution is 6.00. The molecule has 1 saturated heterocycles. The third kappa shape index (κ3) is 3.48. The zero-order valence-electron chi connectivity index (χ0n) is 12.2. The van der Waals surface area contributed by atoms with Crippen molar-refractivity contribution < 1.29 is 4.39 Å². The standard InChI is InChI=1S/C15H23FN4/c1-19-7-5-11(6-8-19)10-20(2)14-4-3-12(16)9-13(14)15(17)18/h3-4,9,11H,5-8,10H2,1-2H3,(H3,17,18). The molecule has 0 radical (unpaired) electrons. The molecular formula is C15H23FN4. The zero-order chi connectivity index (χ0) is 14.7. The first kappa shape index (κ1) is 14.8. The van der Waals surface area contributed by atoms with Crippen LogP contribution < -0.4 is 10.6 Å². The first-order valence-corrected chi connectivity index (χ1v) is 7.01. The van der Waals surface area contributed by atoms with Crippen LogP contribution >= 0.6 is 0 Å². The van der Waals surface area contributed by atoms with Crippen molar-refractivity contribution in [1.29, 1.82) is 5.41 Å². The number of likely N-dealkylation sites (tertiary alicyclic amines) is 1. The number of amidine groups is 1. The number of hydrogen-bond donors (Lipinski definition) is 2. The second kappa shape index (κ2) is 6.22. The molecule has 0 amide bonds. The Kier molecular flexibility index (Phi) is 4.60. The van der Waals surface area contributed by atoms with Gasteiger partial charge in [0, 0.05) is 24.8 Å². The lowest BCUT2D eigenvalue weighted by molar-refractivity contribution is 0.222. The molecule has 1 aliphatic rings. The Morgan fingerprint density at radius 2 is 2.10 bits per heavy atom. The van der Waals surface area contributed by atoms with Crippen molar-refractivity contribution in [1.82, 2.24) is 4.90 Å². The van der Waals surface area contributed by atoms with Gasteiger partial charge in [0.1, 0.15) is 11.7 Å². The van der Waals surface area contributed by atoms with Crippen LogP contribution in [-0.2, 0) is 0 Å². The summed E-state index contributed by atoms with van der Waals surface area (Å²) in [5.74, 6) is 0.197. The van der Waals surface area contributed by atoms with E-state index in [0.717, 1.165) is 25.3 Å². The topological polar surface area (TPSA) is 56.4 Å². The third-order valence-corrected chi connectivity index (χ3v) is 4.03. The Morgan fingerprint density at radius 3 is 2.70 bits per heavy atom. The second-order valence-corrected chi connectivity index (χ2v) is 5.70. The molecule has 5 heteroatoms. The summed E-state index contributed by atoms with van der Waals surface area (Å²) in [5, 5.41) is 7.59. The van der Waals surface area contributed by atoms with Gasteiger partial charge in [0.15, 0.2) is 0 Å². The summed E-state index contributed by atoms with van der Waals surface area (Å²) in [7, 11) is 4.13. The Bertz CT molecular complexity index is 481. The van der Waals surface area contributed by atoms with E-state index in [0.29, 0.717) is 11.5 Å². The molecule has 0 aromatic heterocycles. The summed E-state index contributed by atoms with van der Waals surface area (Å²) in [5.41, 5.74) is 6.86. The smallest absolute Gasteiger partial charge is 0.125 e. The average molecular weight is 278 g/mol. The van der Waals surface area contributed by atoms with Gasteiger partial charge in [-0.1, -0.05) is 0 Å². The van der Waals surface area contributed by atoms with Gasteiger partial charge in [-0.05, 0) is 57.1 Å². The Morgan fingerprint density at radius 1 is 1.45 bits per heavy atom. The van der Waals surface area contributed by atoms with Gasteiger partial charge in [0.05, 0.1) is 0 Å². The van der Waals surface area contributed by atoms with Crippen molar-refractivity contribution in [2.75, 3.05) is 38.6 Å². The van der Waals surface area contributed by atoms with E-state index in [9.17, 15) is 4.39 Å². The molecule has 1 aliphatic heterocycles. The maximum atomic E-state index is 13.3. The van der Waals surface area contributed by atoms with Crippen LogP contribution in [0.5, 0.6) is 0 Å². The van der Waals surface area contributed by atoms with Crippen LogP contribution in [0.1, 0.15) is 18.4 Å². The number of benzene rings is 1. The first-order chi connectivity index (χ1) is 9.47. The number of nitrogens with one attached hydrogen (secondary N) is 1. The fourth-order valence-corrected chi connectivity index (χ4v) is 2.79. The molecule has 20 heavy (non-hydrogen) atoms. The number of hydrogen-bond acceptors (Lipinski definition) is 3. The summed E-state index contributed by atoms with van der Waals surface area (Å²) in [6.45, 7) is 3.17. The van der Waals surface area contributed by atoms with Crippen LogP contribution in [0.4, 0.5) is 10.1 Å². The van der Waals surface area contributed by atoms with Gasteiger partial charge in [-0.2, -0.15) is 0 Å². The van der Waals surface area contributed by atoms with Crippen molar-refractivity contribution in [2.24, 2.45) is 11.7 Å². The third-order valence-electron chi connectivity index (χ3n) is 4.03. The number of nitrogens with two attached hydrogens (primary N) is 1. The summed E-state index contributed by atoms with van der Waals surface area (Å²) in [6.07, 6.45) is 2.36.